The van der Waals surface area contributed by atoms with Crippen LogP contribution >= 0.6 is 0 Å². The summed E-state index contributed by atoms with van der Waals surface area (Å²) in [4.78, 5) is 28.2. The molecule has 4 rings (SSSR count). The minimum Gasteiger partial charge on any atom is -0.452 e. The summed E-state index contributed by atoms with van der Waals surface area (Å²) in [6.45, 7) is 7.45. The number of nitrogens with zero attached hydrogens (tertiary/aromatic N) is 1. The number of hydrogen-bond acceptors (Lipinski definition) is 5. The van der Waals surface area contributed by atoms with Crippen molar-refractivity contribution in [1.29, 1.82) is 0 Å². The molecule has 0 unspecified atom stereocenters. The molecule has 0 heterocycles. The summed E-state index contributed by atoms with van der Waals surface area (Å²) < 4.78 is 35.0. The Hall–Kier alpha value is -4.43. The van der Waals surface area contributed by atoms with Crippen molar-refractivity contribution >= 4 is 27.6 Å². The highest BCUT2D eigenvalue weighted by Crippen LogP contribution is 2.29. The number of carbonyl (C=O) groups is 2. The fourth-order valence-electron chi connectivity index (χ4n) is 4.67. The maximum Gasteiger partial charge on any atom is 0.340 e. The monoisotopic (exact) mass is 570 g/mol. The Kier molecular flexibility index (Phi) is 9.24. The molecule has 0 aliphatic rings. The highest BCUT2D eigenvalue weighted by atomic mass is 32.2. The van der Waals surface area contributed by atoms with Crippen LogP contribution in [0.15, 0.2) is 95.9 Å². The van der Waals surface area contributed by atoms with E-state index >= 15 is 0 Å². The van der Waals surface area contributed by atoms with Crippen LogP contribution in [0.4, 0.5) is 5.69 Å². The molecule has 1 amide bonds. The zero-order valence-corrected chi connectivity index (χ0v) is 24.5. The topological polar surface area (TPSA) is 92.8 Å². The van der Waals surface area contributed by atoms with Crippen molar-refractivity contribution in [3.63, 3.8) is 0 Å². The summed E-state index contributed by atoms with van der Waals surface area (Å²) in [6, 6.07) is 27.3. The first-order valence-corrected chi connectivity index (χ1v) is 14.8. The Morgan fingerprint density at radius 3 is 1.76 bits per heavy atom. The Labute approximate surface area is 241 Å². The number of anilines is 1. The van der Waals surface area contributed by atoms with Gasteiger partial charge in [-0.3, -0.25) is 9.52 Å². The van der Waals surface area contributed by atoms with Gasteiger partial charge < -0.3 is 9.64 Å². The highest BCUT2D eigenvalue weighted by molar-refractivity contribution is 7.92. The third-order valence-corrected chi connectivity index (χ3v) is 8.71. The second kappa shape index (κ2) is 12.8. The third kappa shape index (κ3) is 7.21. The highest BCUT2D eigenvalue weighted by Gasteiger charge is 2.25. The molecular formula is C33H34N2O5S. The molecule has 4 aromatic rings. The second-order valence-corrected chi connectivity index (χ2v) is 11.7. The number of benzene rings is 4. The molecule has 0 bridgehead atoms. The predicted molar refractivity (Wildman–Crippen MR) is 160 cm³/mol. The lowest BCUT2D eigenvalue weighted by Gasteiger charge is -2.23. The SMILES string of the molecule is Cc1cc(C)c(C)c(S(=O)(=O)Nc2ccccc2C(=O)OCC(=O)N(Cc2ccccc2)Cc2ccccc2)c1C. The molecule has 8 heteroatoms. The zero-order valence-electron chi connectivity index (χ0n) is 23.7. The van der Waals surface area contributed by atoms with Gasteiger partial charge in [0.1, 0.15) is 0 Å². The van der Waals surface area contributed by atoms with Crippen molar-refractivity contribution in [3.8, 4) is 0 Å². The maximum atomic E-state index is 13.5. The molecule has 1 N–H and O–H groups in total. The standard InChI is InChI=1S/C33H34N2O5S/c1-23-19-24(2)26(4)32(25(23)3)41(38,39)34-30-18-12-11-17-29(30)33(37)40-22-31(36)35(20-27-13-7-5-8-14-27)21-28-15-9-6-10-16-28/h5-19,34H,20-22H2,1-4H3. The molecule has 41 heavy (non-hydrogen) atoms. The van der Waals surface area contributed by atoms with Crippen LogP contribution in [0.3, 0.4) is 0 Å². The molecule has 0 aliphatic heterocycles. The Bertz CT molecular complexity index is 1580. The van der Waals surface area contributed by atoms with Crippen LogP contribution in [0, 0.1) is 27.7 Å². The normalized spacial score (nSPS) is 11.1. The fraction of sp³-hybridized carbons (Fsp3) is 0.212. The van der Waals surface area contributed by atoms with E-state index in [1.807, 2.05) is 80.6 Å². The molecule has 0 aliphatic carbocycles. The Balaban J connectivity index is 1.52. The largest absolute Gasteiger partial charge is 0.452 e. The smallest absolute Gasteiger partial charge is 0.340 e. The average Bonchev–Trinajstić information content (AvgIpc) is 2.95. The molecular weight excluding hydrogens is 536 g/mol. The molecule has 0 radical (unpaired) electrons. The maximum absolute atomic E-state index is 13.5. The van der Waals surface area contributed by atoms with Crippen LogP contribution in [-0.2, 0) is 32.6 Å². The van der Waals surface area contributed by atoms with E-state index in [-0.39, 0.29) is 22.1 Å². The lowest BCUT2D eigenvalue weighted by molar-refractivity contribution is -0.135. The number of para-hydroxylation sites is 1. The predicted octanol–water partition coefficient (Wildman–Crippen LogP) is 6.11. The van der Waals surface area contributed by atoms with Gasteiger partial charge in [-0.1, -0.05) is 78.9 Å². The number of amides is 1. The van der Waals surface area contributed by atoms with Crippen molar-refractivity contribution < 1.29 is 22.7 Å². The second-order valence-electron chi connectivity index (χ2n) is 10.0. The molecule has 4 aromatic carbocycles. The summed E-state index contributed by atoms with van der Waals surface area (Å²) in [5, 5.41) is 0. The van der Waals surface area contributed by atoms with Crippen LogP contribution < -0.4 is 4.72 Å². The van der Waals surface area contributed by atoms with Gasteiger partial charge in [-0.05, 0) is 73.2 Å². The number of sulfonamides is 1. The number of rotatable bonds is 10. The van der Waals surface area contributed by atoms with Gasteiger partial charge >= 0.3 is 5.97 Å². The summed E-state index contributed by atoms with van der Waals surface area (Å²) in [5.74, 6) is -1.17. The minimum atomic E-state index is -4.02. The van der Waals surface area contributed by atoms with Gasteiger partial charge in [0.15, 0.2) is 6.61 Å². The first kappa shape index (κ1) is 29.6. The van der Waals surface area contributed by atoms with E-state index in [4.69, 9.17) is 4.74 Å². The summed E-state index contributed by atoms with van der Waals surface area (Å²) in [7, 11) is -4.02. The fourth-order valence-corrected chi connectivity index (χ4v) is 6.36. The van der Waals surface area contributed by atoms with Crippen molar-refractivity contribution in [2.24, 2.45) is 0 Å². The Morgan fingerprint density at radius 1 is 0.732 bits per heavy atom. The van der Waals surface area contributed by atoms with Crippen LogP contribution in [0.1, 0.15) is 43.7 Å². The lowest BCUT2D eigenvalue weighted by Crippen LogP contribution is -2.34. The summed E-state index contributed by atoms with van der Waals surface area (Å²) in [5.41, 5.74) is 4.98. The van der Waals surface area contributed by atoms with E-state index in [1.54, 1.807) is 30.9 Å². The van der Waals surface area contributed by atoms with Crippen molar-refractivity contribution in [1.82, 2.24) is 4.90 Å². The molecule has 7 nitrogen and oxygen atoms in total. The van der Waals surface area contributed by atoms with Crippen LogP contribution in [0.5, 0.6) is 0 Å². The van der Waals surface area contributed by atoms with Gasteiger partial charge in [0.2, 0.25) is 0 Å². The van der Waals surface area contributed by atoms with Gasteiger partial charge in [0.25, 0.3) is 15.9 Å². The minimum absolute atomic E-state index is 0.0150. The van der Waals surface area contributed by atoms with E-state index in [1.165, 1.54) is 12.1 Å². The van der Waals surface area contributed by atoms with Crippen molar-refractivity contribution in [2.45, 2.75) is 45.7 Å². The quantitative estimate of drug-likeness (QED) is 0.232. The van der Waals surface area contributed by atoms with Crippen LogP contribution in [0.25, 0.3) is 0 Å². The molecule has 0 saturated carbocycles. The number of aryl methyl sites for hydroxylation is 2. The van der Waals surface area contributed by atoms with Gasteiger partial charge in [-0.25, -0.2) is 13.2 Å². The average molecular weight is 571 g/mol. The molecule has 0 saturated heterocycles. The first-order valence-electron chi connectivity index (χ1n) is 13.3. The van der Waals surface area contributed by atoms with Crippen molar-refractivity contribution in [2.75, 3.05) is 11.3 Å². The van der Waals surface area contributed by atoms with E-state index in [2.05, 4.69) is 4.72 Å². The number of hydrogen-bond donors (Lipinski definition) is 1. The number of carbonyl (C=O) groups excluding carboxylic acids is 2. The van der Waals surface area contributed by atoms with Crippen molar-refractivity contribution in [3.05, 3.63) is 130 Å². The molecule has 0 spiro atoms. The van der Waals surface area contributed by atoms with Gasteiger partial charge in [0.05, 0.1) is 16.1 Å². The van der Waals surface area contributed by atoms with E-state index in [0.29, 0.717) is 24.2 Å². The Morgan fingerprint density at radius 2 is 1.22 bits per heavy atom. The molecule has 0 atom stereocenters. The molecule has 0 aromatic heterocycles. The molecule has 212 valence electrons. The lowest BCUT2D eigenvalue weighted by atomic mass is 10.0. The van der Waals surface area contributed by atoms with Gasteiger partial charge in [-0.2, -0.15) is 0 Å². The van der Waals surface area contributed by atoms with Gasteiger partial charge in [0, 0.05) is 13.1 Å². The third-order valence-electron chi connectivity index (χ3n) is 7.07. The number of esters is 1. The van der Waals surface area contributed by atoms with E-state index in [0.717, 1.165) is 22.3 Å². The molecule has 0 fully saturated rings. The zero-order chi connectivity index (χ0) is 29.6. The number of ether oxygens (including phenoxy) is 1. The van der Waals surface area contributed by atoms with Crippen LogP contribution in [-0.4, -0.2) is 31.8 Å². The number of nitrogens with one attached hydrogen (secondary N) is 1. The summed E-state index contributed by atoms with van der Waals surface area (Å²) in [6.07, 6.45) is 0. The van der Waals surface area contributed by atoms with E-state index in [9.17, 15) is 18.0 Å². The van der Waals surface area contributed by atoms with E-state index < -0.39 is 22.6 Å². The summed E-state index contributed by atoms with van der Waals surface area (Å²) >= 11 is 0. The van der Waals surface area contributed by atoms with Crippen LogP contribution in [0.2, 0.25) is 0 Å². The van der Waals surface area contributed by atoms with Gasteiger partial charge in [-0.15, -0.1) is 0 Å². The first-order chi connectivity index (χ1) is 19.6.